The molecule has 1 atom stereocenters. The molecule has 1 N–H and O–H groups in total. The highest BCUT2D eigenvalue weighted by Gasteiger charge is 2.32. The van der Waals surface area contributed by atoms with Gasteiger partial charge in [-0.1, -0.05) is 18.2 Å². The lowest BCUT2D eigenvalue weighted by Gasteiger charge is -2.09. The molecule has 0 saturated heterocycles. The van der Waals surface area contributed by atoms with Crippen molar-refractivity contribution in [1.82, 2.24) is 0 Å². The van der Waals surface area contributed by atoms with Crippen LogP contribution < -0.4 is 4.74 Å². The lowest BCUT2D eigenvalue weighted by Crippen LogP contribution is -2.23. The number of carboxylic acids is 1. The van der Waals surface area contributed by atoms with E-state index in [2.05, 4.69) is 0 Å². The van der Waals surface area contributed by atoms with Crippen LogP contribution in [0.15, 0.2) is 42.5 Å². The molecule has 2 aromatic rings. The molecule has 0 saturated carbocycles. The molecule has 0 aliphatic carbocycles. The Labute approximate surface area is 122 Å². The van der Waals surface area contributed by atoms with Gasteiger partial charge in [0.25, 0.3) is 0 Å². The second kappa shape index (κ2) is 5.05. The number of benzene rings is 2. The third kappa shape index (κ3) is 2.52. The molecule has 2 aromatic carbocycles. The third-order valence-electron chi connectivity index (χ3n) is 3.59. The zero-order valence-corrected chi connectivity index (χ0v) is 11.5. The van der Waals surface area contributed by atoms with Crippen LogP contribution in [-0.4, -0.2) is 23.0 Å². The average molecular weight is 282 g/mol. The highest BCUT2D eigenvalue weighted by atomic mass is 16.5. The van der Waals surface area contributed by atoms with Crippen molar-refractivity contribution in [2.24, 2.45) is 0 Å². The molecule has 106 valence electrons. The quantitative estimate of drug-likeness (QED) is 0.940. The van der Waals surface area contributed by atoms with Gasteiger partial charge in [-0.3, -0.25) is 4.79 Å². The van der Waals surface area contributed by atoms with Crippen molar-refractivity contribution in [2.45, 2.75) is 19.4 Å². The van der Waals surface area contributed by atoms with E-state index >= 15 is 0 Å². The van der Waals surface area contributed by atoms with Crippen LogP contribution in [0.4, 0.5) is 0 Å². The molecule has 21 heavy (non-hydrogen) atoms. The van der Waals surface area contributed by atoms with Crippen LogP contribution in [0.25, 0.3) is 0 Å². The van der Waals surface area contributed by atoms with E-state index in [0.717, 1.165) is 11.1 Å². The fourth-order valence-electron chi connectivity index (χ4n) is 2.44. The number of ketones is 1. The normalized spacial score (nSPS) is 16.4. The molecule has 0 bridgehead atoms. The van der Waals surface area contributed by atoms with E-state index in [1.165, 1.54) is 12.1 Å². The van der Waals surface area contributed by atoms with E-state index in [9.17, 15) is 9.59 Å². The summed E-state index contributed by atoms with van der Waals surface area (Å²) in [4.78, 5) is 23.1. The maximum Gasteiger partial charge on any atom is 0.335 e. The van der Waals surface area contributed by atoms with Gasteiger partial charge in [-0.15, -0.1) is 0 Å². The molecular formula is C17H14O4. The summed E-state index contributed by atoms with van der Waals surface area (Å²) in [5, 5.41) is 8.87. The summed E-state index contributed by atoms with van der Waals surface area (Å²) in [5.41, 5.74) is 2.78. The van der Waals surface area contributed by atoms with Crippen molar-refractivity contribution in [3.05, 3.63) is 64.7 Å². The van der Waals surface area contributed by atoms with Gasteiger partial charge in [-0.25, -0.2) is 4.79 Å². The predicted molar refractivity (Wildman–Crippen MR) is 77.0 cm³/mol. The Kier molecular flexibility index (Phi) is 3.22. The Bertz CT molecular complexity index is 716. The SMILES string of the molecule is Cc1ccc2c(c1)OC(Cc1ccc(C(=O)O)cc1)C2=O. The van der Waals surface area contributed by atoms with Crippen LogP contribution in [0, 0.1) is 6.92 Å². The molecule has 0 radical (unpaired) electrons. The van der Waals surface area contributed by atoms with E-state index in [4.69, 9.17) is 9.84 Å². The Balaban J connectivity index is 1.78. The summed E-state index contributed by atoms with van der Waals surface area (Å²) in [6.45, 7) is 1.95. The number of rotatable bonds is 3. The van der Waals surface area contributed by atoms with Crippen LogP contribution in [0.5, 0.6) is 5.75 Å². The molecule has 1 aliphatic rings. The Morgan fingerprint density at radius 1 is 1.19 bits per heavy atom. The second-order valence-electron chi connectivity index (χ2n) is 5.18. The molecule has 0 spiro atoms. The van der Waals surface area contributed by atoms with Gasteiger partial charge in [0.05, 0.1) is 11.1 Å². The minimum Gasteiger partial charge on any atom is -0.481 e. The maximum absolute atomic E-state index is 12.3. The van der Waals surface area contributed by atoms with Gasteiger partial charge in [0.1, 0.15) is 5.75 Å². The summed E-state index contributed by atoms with van der Waals surface area (Å²) >= 11 is 0. The first-order chi connectivity index (χ1) is 10.0. The summed E-state index contributed by atoms with van der Waals surface area (Å²) in [7, 11) is 0. The molecule has 1 unspecified atom stereocenters. The van der Waals surface area contributed by atoms with Gasteiger partial charge in [0.2, 0.25) is 5.78 Å². The first-order valence-electron chi connectivity index (χ1n) is 6.68. The Morgan fingerprint density at radius 3 is 2.57 bits per heavy atom. The van der Waals surface area contributed by atoms with Crippen LogP contribution >= 0.6 is 0 Å². The fourth-order valence-corrected chi connectivity index (χ4v) is 2.44. The molecule has 4 heteroatoms. The molecule has 3 rings (SSSR count). The predicted octanol–water partition coefficient (Wildman–Crippen LogP) is 2.88. The number of aromatic carboxylic acids is 1. The lowest BCUT2D eigenvalue weighted by atomic mass is 10.0. The second-order valence-corrected chi connectivity index (χ2v) is 5.18. The first kappa shape index (κ1) is 13.4. The van der Waals surface area contributed by atoms with E-state index in [1.807, 2.05) is 19.1 Å². The molecule has 1 heterocycles. The van der Waals surface area contributed by atoms with E-state index in [-0.39, 0.29) is 11.3 Å². The summed E-state index contributed by atoms with van der Waals surface area (Å²) < 4.78 is 5.72. The van der Waals surface area contributed by atoms with Crippen LogP contribution in [0.1, 0.15) is 31.8 Å². The number of fused-ring (bicyclic) bond motifs is 1. The van der Waals surface area contributed by atoms with Gasteiger partial charge in [0, 0.05) is 6.42 Å². The van der Waals surface area contributed by atoms with Gasteiger partial charge < -0.3 is 9.84 Å². The highest BCUT2D eigenvalue weighted by Crippen LogP contribution is 2.31. The van der Waals surface area contributed by atoms with Crippen LogP contribution in [0.3, 0.4) is 0 Å². The first-order valence-corrected chi connectivity index (χ1v) is 6.68. The molecule has 4 nitrogen and oxygen atoms in total. The molecule has 0 amide bonds. The van der Waals surface area contributed by atoms with Crippen LogP contribution in [-0.2, 0) is 6.42 Å². The van der Waals surface area contributed by atoms with E-state index in [0.29, 0.717) is 17.7 Å². The number of carbonyl (C=O) groups is 2. The monoisotopic (exact) mass is 282 g/mol. The van der Waals surface area contributed by atoms with E-state index < -0.39 is 12.1 Å². The van der Waals surface area contributed by atoms with Crippen molar-refractivity contribution >= 4 is 11.8 Å². The third-order valence-corrected chi connectivity index (χ3v) is 3.59. The largest absolute Gasteiger partial charge is 0.481 e. The summed E-state index contributed by atoms with van der Waals surface area (Å²) in [5.74, 6) is -0.350. The average Bonchev–Trinajstić information content (AvgIpc) is 2.75. The standard InChI is InChI=1S/C17H14O4/c1-10-2-7-13-14(8-10)21-15(16(13)18)9-11-3-5-12(6-4-11)17(19)20/h2-8,15H,9H2,1H3,(H,19,20). The van der Waals surface area contributed by atoms with Gasteiger partial charge in [0.15, 0.2) is 6.10 Å². The van der Waals surface area contributed by atoms with Gasteiger partial charge in [-0.05, 0) is 42.3 Å². The van der Waals surface area contributed by atoms with Crippen molar-refractivity contribution in [3.8, 4) is 5.75 Å². The maximum atomic E-state index is 12.3. The number of carbonyl (C=O) groups excluding carboxylic acids is 1. The Hall–Kier alpha value is -2.62. The van der Waals surface area contributed by atoms with E-state index in [1.54, 1.807) is 18.2 Å². The van der Waals surface area contributed by atoms with Crippen molar-refractivity contribution in [1.29, 1.82) is 0 Å². The Morgan fingerprint density at radius 2 is 1.90 bits per heavy atom. The van der Waals surface area contributed by atoms with Gasteiger partial charge >= 0.3 is 5.97 Å². The van der Waals surface area contributed by atoms with Crippen LogP contribution in [0.2, 0.25) is 0 Å². The van der Waals surface area contributed by atoms with Gasteiger partial charge in [-0.2, -0.15) is 0 Å². The van der Waals surface area contributed by atoms with Crippen molar-refractivity contribution < 1.29 is 19.4 Å². The molecule has 0 fully saturated rings. The summed E-state index contributed by atoms with van der Waals surface area (Å²) in [6, 6.07) is 12.1. The highest BCUT2D eigenvalue weighted by molar-refractivity contribution is 6.04. The summed E-state index contributed by atoms with van der Waals surface area (Å²) in [6.07, 6.45) is -0.0931. The number of hydrogen-bond acceptors (Lipinski definition) is 3. The van der Waals surface area contributed by atoms with Crippen molar-refractivity contribution in [2.75, 3.05) is 0 Å². The molecule has 0 aromatic heterocycles. The zero-order chi connectivity index (χ0) is 15.0. The fraction of sp³-hybridized carbons (Fsp3) is 0.176. The number of carboxylic acid groups (broad SMARTS) is 1. The number of aryl methyl sites for hydroxylation is 1. The molecular weight excluding hydrogens is 268 g/mol. The number of hydrogen-bond donors (Lipinski definition) is 1. The topological polar surface area (TPSA) is 63.6 Å². The lowest BCUT2D eigenvalue weighted by molar-refractivity contribution is 0.0696. The number of Topliss-reactive ketones (excluding diaryl/α,β-unsaturated/α-hetero) is 1. The number of ether oxygens (including phenoxy) is 1. The van der Waals surface area contributed by atoms with Crippen molar-refractivity contribution in [3.63, 3.8) is 0 Å². The minimum atomic E-state index is -0.961. The smallest absolute Gasteiger partial charge is 0.335 e. The zero-order valence-electron chi connectivity index (χ0n) is 11.5. The minimum absolute atomic E-state index is 0.0210. The molecule has 1 aliphatic heterocycles.